The minimum Gasteiger partial charge on any atom is -0.398 e. The number of anilines is 1. The quantitative estimate of drug-likeness (QED) is 0.615. The number of ether oxygens (including phenoxy) is 1. The molecule has 0 bridgehead atoms. The summed E-state index contributed by atoms with van der Waals surface area (Å²) < 4.78 is 5.01. The first-order valence-corrected chi connectivity index (χ1v) is 5.72. The van der Waals surface area contributed by atoms with Crippen LogP contribution in [0.25, 0.3) is 0 Å². The zero-order valence-electron chi connectivity index (χ0n) is 9.87. The molecule has 0 fully saturated rings. The summed E-state index contributed by atoms with van der Waals surface area (Å²) >= 11 is 5.93. The lowest BCUT2D eigenvalue weighted by Gasteiger charge is -2.17. The van der Waals surface area contributed by atoms with Crippen LogP contribution in [0.1, 0.15) is 12.0 Å². The predicted molar refractivity (Wildman–Crippen MR) is 68.7 cm³/mol. The molecule has 0 aliphatic carbocycles. The van der Waals surface area contributed by atoms with Gasteiger partial charge in [0, 0.05) is 37.5 Å². The van der Waals surface area contributed by atoms with Crippen molar-refractivity contribution in [2.24, 2.45) is 0 Å². The molecular formula is C12H19ClN2O. The van der Waals surface area contributed by atoms with E-state index >= 15 is 0 Å². The zero-order chi connectivity index (χ0) is 12.0. The van der Waals surface area contributed by atoms with Gasteiger partial charge in [-0.2, -0.15) is 0 Å². The molecule has 0 heterocycles. The van der Waals surface area contributed by atoms with E-state index in [4.69, 9.17) is 22.1 Å². The first kappa shape index (κ1) is 13.3. The van der Waals surface area contributed by atoms with Gasteiger partial charge in [0.1, 0.15) is 0 Å². The Labute approximate surface area is 102 Å². The Morgan fingerprint density at radius 2 is 2.19 bits per heavy atom. The molecule has 3 nitrogen and oxygen atoms in total. The van der Waals surface area contributed by atoms with Crippen molar-refractivity contribution in [3.05, 3.63) is 28.8 Å². The molecule has 0 unspecified atom stereocenters. The van der Waals surface area contributed by atoms with E-state index in [1.807, 2.05) is 18.2 Å². The third-order valence-corrected chi connectivity index (χ3v) is 2.67. The Kier molecular flexibility index (Phi) is 5.60. The largest absolute Gasteiger partial charge is 0.398 e. The lowest BCUT2D eigenvalue weighted by atomic mass is 10.1. The fourth-order valence-electron chi connectivity index (χ4n) is 1.56. The molecule has 90 valence electrons. The van der Waals surface area contributed by atoms with Gasteiger partial charge in [-0.25, -0.2) is 0 Å². The van der Waals surface area contributed by atoms with Crippen LogP contribution >= 0.6 is 11.6 Å². The molecule has 4 heteroatoms. The highest BCUT2D eigenvalue weighted by atomic mass is 35.5. The summed E-state index contributed by atoms with van der Waals surface area (Å²) in [4.78, 5) is 2.21. The monoisotopic (exact) mass is 242 g/mol. The first-order valence-electron chi connectivity index (χ1n) is 5.35. The number of nitrogen functional groups attached to an aromatic ring is 1. The van der Waals surface area contributed by atoms with E-state index in [0.717, 1.165) is 42.4 Å². The third kappa shape index (κ3) is 4.39. The van der Waals surface area contributed by atoms with Crippen LogP contribution in [0.3, 0.4) is 0 Å². The fourth-order valence-corrected chi connectivity index (χ4v) is 1.75. The van der Waals surface area contributed by atoms with Gasteiger partial charge in [0.25, 0.3) is 0 Å². The minimum atomic E-state index is 0.731. The molecule has 2 N–H and O–H groups in total. The van der Waals surface area contributed by atoms with Crippen molar-refractivity contribution in [1.29, 1.82) is 0 Å². The van der Waals surface area contributed by atoms with E-state index in [1.54, 1.807) is 7.11 Å². The van der Waals surface area contributed by atoms with Gasteiger partial charge in [-0.15, -0.1) is 0 Å². The third-order valence-electron chi connectivity index (χ3n) is 2.43. The molecular weight excluding hydrogens is 224 g/mol. The standard InChI is InChI=1S/C12H19ClN2O/c1-15(6-3-7-16-2)9-10-8-11(13)4-5-12(10)14/h4-5,8H,3,6-7,9,14H2,1-2H3. The molecule has 0 aliphatic heterocycles. The highest BCUT2D eigenvalue weighted by molar-refractivity contribution is 6.30. The number of nitrogens with zero attached hydrogens (tertiary/aromatic N) is 1. The van der Waals surface area contributed by atoms with Gasteiger partial charge in [-0.3, -0.25) is 0 Å². The Morgan fingerprint density at radius 1 is 1.44 bits per heavy atom. The summed E-state index contributed by atoms with van der Waals surface area (Å²) in [6, 6.07) is 5.58. The van der Waals surface area contributed by atoms with Gasteiger partial charge in [0.15, 0.2) is 0 Å². The van der Waals surface area contributed by atoms with E-state index in [9.17, 15) is 0 Å². The molecule has 1 rings (SSSR count). The molecule has 1 aromatic carbocycles. The number of benzene rings is 1. The lowest BCUT2D eigenvalue weighted by molar-refractivity contribution is 0.178. The Balaban J connectivity index is 2.48. The molecule has 0 amide bonds. The molecule has 0 saturated carbocycles. The Bertz CT molecular complexity index is 331. The van der Waals surface area contributed by atoms with Gasteiger partial charge in [-0.05, 0) is 37.2 Å². The van der Waals surface area contributed by atoms with E-state index in [2.05, 4.69) is 11.9 Å². The summed E-state index contributed by atoms with van der Waals surface area (Å²) in [5.74, 6) is 0. The van der Waals surface area contributed by atoms with Crippen LogP contribution in [0, 0.1) is 0 Å². The molecule has 0 aromatic heterocycles. The average Bonchev–Trinajstić information content (AvgIpc) is 2.24. The van der Waals surface area contributed by atoms with Crippen molar-refractivity contribution >= 4 is 17.3 Å². The van der Waals surface area contributed by atoms with Gasteiger partial charge in [0.2, 0.25) is 0 Å². The summed E-state index contributed by atoms with van der Waals surface area (Å²) in [5, 5.41) is 0.731. The maximum Gasteiger partial charge on any atom is 0.0474 e. The Hall–Kier alpha value is -0.770. The highest BCUT2D eigenvalue weighted by Crippen LogP contribution is 2.19. The van der Waals surface area contributed by atoms with Crippen LogP contribution in [-0.4, -0.2) is 32.2 Å². The van der Waals surface area contributed by atoms with Crippen molar-refractivity contribution in [3.8, 4) is 0 Å². The molecule has 0 saturated heterocycles. The number of nitrogens with two attached hydrogens (primary N) is 1. The molecule has 0 radical (unpaired) electrons. The van der Waals surface area contributed by atoms with E-state index < -0.39 is 0 Å². The summed E-state index contributed by atoms with van der Waals surface area (Å²) in [6.07, 6.45) is 1.02. The maximum absolute atomic E-state index is 5.93. The van der Waals surface area contributed by atoms with E-state index in [0.29, 0.717) is 0 Å². The van der Waals surface area contributed by atoms with Crippen LogP contribution in [0.4, 0.5) is 5.69 Å². The number of hydrogen-bond acceptors (Lipinski definition) is 3. The second-order valence-corrected chi connectivity index (χ2v) is 4.36. The highest BCUT2D eigenvalue weighted by Gasteiger charge is 2.04. The summed E-state index contributed by atoms with van der Waals surface area (Å²) in [6.45, 7) is 2.59. The second kappa shape index (κ2) is 6.74. The average molecular weight is 243 g/mol. The molecule has 1 aromatic rings. The van der Waals surface area contributed by atoms with Crippen molar-refractivity contribution in [2.75, 3.05) is 33.0 Å². The Morgan fingerprint density at radius 3 is 2.88 bits per heavy atom. The van der Waals surface area contributed by atoms with Crippen molar-refractivity contribution in [2.45, 2.75) is 13.0 Å². The zero-order valence-corrected chi connectivity index (χ0v) is 10.6. The first-order chi connectivity index (χ1) is 7.63. The fraction of sp³-hybridized carbons (Fsp3) is 0.500. The van der Waals surface area contributed by atoms with Crippen molar-refractivity contribution in [1.82, 2.24) is 4.90 Å². The molecule has 0 atom stereocenters. The van der Waals surface area contributed by atoms with Gasteiger partial charge in [-0.1, -0.05) is 11.6 Å². The van der Waals surface area contributed by atoms with E-state index in [1.165, 1.54) is 0 Å². The number of rotatable bonds is 6. The predicted octanol–water partition coefficient (Wildman–Crippen LogP) is 2.39. The maximum atomic E-state index is 5.93. The number of halogens is 1. The van der Waals surface area contributed by atoms with Crippen molar-refractivity contribution in [3.63, 3.8) is 0 Å². The smallest absolute Gasteiger partial charge is 0.0474 e. The van der Waals surface area contributed by atoms with Crippen LogP contribution in [0.2, 0.25) is 5.02 Å². The number of methoxy groups -OCH3 is 1. The number of hydrogen-bond donors (Lipinski definition) is 1. The summed E-state index contributed by atoms with van der Waals surface area (Å²) in [5.41, 5.74) is 7.75. The van der Waals surface area contributed by atoms with Crippen LogP contribution in [-0.2, 0) is 11.3 Å². The van der Waals surface area contributed by atoms with Gasteiger partial charge >= 0.3 is 0 Å². The van der Waals surface area contributed by atoms with Crippen molar-refractivity contribution < 1.29 is 4.74 Å². The molecule has 0 aliphatic rings. The SMILES string of the molecule is COCCCN(C)Cc1cc(Cl)ccc1N. The van der Waals surface area contributed by atoms with Crippen LogP contribution in [0.15, 0.2) is 18.2 Å². The molecule has 0 spiro atoms. The normalized spacial score (nSPS) is 11.0. The topological polar surface area (TPSA) is 38.5 Å². The van der Waals surface area contributed by atoms with Crippen LogP contribution in [0.5, 0.6) is 0 Å². The van der Waals surface area contributed by atoms with Crippen LogP contribution < -0.4 is 5.73 Å². The van der Waals surface area contributed by atoms with Gasteiger partial charge < -0.3 is 15.4 Å². The minimum absolute atomic E-state index is 0.731. The van der Waals surface area contributed by atoms with Gasteiger partial charge in [0.05, 0.1) is 0 Å². The van der Waals surface area contributed by atoms with E-state index in [-0.39, 0.29) is 0 Å². The lowest BCUT2D eigenvalue weighted by Crippen LogP contribution is -2.20. The summed E-state index contributed by atoms with van der Waals surface area (Å²) in [7, 11) is 3.78. The second-order valence-electron chi connectivity index (χ2n) is 3.93. The molecule has 16 heavy (non-hydrogen) atoms.